The van der Waals surface area contributed by atoms with Crippen molar-refractivity contribution in [3.05, 3.63) is 80.7 Å². The van der Waals surface area contributed by atoms with Gasteiger partial charge in [-0.2, -0.15) is 4.98 Å². The number of hydrogen-bond acceptors (Lipinski definition) is 7. The summed E-state index contributed by atoms with van der Waals surface area (Å²) in [6.45, 7) is 2.34. The van der Waals surface area contributed by atoms with Gasteiger partial charge in [0.15, 0.2) is 5.69 Å². The van der Waals surface area contributed by atoms with Gasteiger partial charge in [0.2, 0.25) is 10.0 Å². The molecule has 3 rings (SSSR count). The van der Waals surface area contributed by atoms with E-state index in [1.54, 1.807) is 0 Å². The van der Waals surface area contributed by atoms with E-state index in [1.165, 1.54) is 6.92 Å². The summed E-state index contributed by atoms with van der Waals surface area (Å²) in [5.74, 6) is -0.409. The number of hydrogen-bond donors (Lipinski definition) is 4. The Morgan fingerprint density at radius 3 is 2.53 bits per heavy atom. The second kappa shape index (κ2) is 11.8. The molecule has 9 nitrogen and oxygen atoms in total. The summed E-state index contributed by atoms with van der Waals surface area (Å²) in [5.41, 5.74) is 1.98. The maximum absolute atomic E-state index is 12.9. The number of aromatic nitrogens is 1. The molecule has 11 heteroatoms. The van der Waals surface area contributed by atoms with Crippen LogP contribution >= 0.6 is 22.6 Å². The SMILES string of the molecule is Cc1oc(NS(C)(=O)=O)nc1C(=O)NC(Cc1ccccc1)C(O)CNCc1cccc(I)c1. The predicted octanol–water partition coefficient (Wildman–Crippen LogP) is 2.45. The lowest BCUT2D eigenvalue weighted by molar-refractivity contribution is 0.0824. The normalized spacial score (nSPS) is 13.3. The standard InChI is InChI=1S/C23H27IN4O5S/c1-15-21(27-23(33-15)28-34(2,31)32)22(30)26-19(12-16-7-4-3-5-8-16)20(29)14-25-13-17-9-6-10-18(24)11-17/h3-11,19-20,25,29H,12-14H2,1-2H3,(H,26,30)(H,27,28). The molecular formula is C23H27IN4O5S. The van der Waals surface area contributed by atoms with Gasteiger partial charge < -0.3 is 20.2 Å². The number of oxazole rings is 1. The Bertz CT molecular complexity index is 1220. The Balaban J connectivity index is 1.70. The molecule has 2 unspecified atom stereocenters. The van der Waals surface area contributed by atoms with E-state index in [2.05, 4.69) is 49.0 Å². The topological polar surface area (TPSA) is 134 Å². The number of carbonyl (C=O) groups excluding carboxylic acids is 1. The first-order valence-corrected chi connectivity index (χ1v) is 13.5. The number of rotatable bonds is 11. The largest absolute Gasteiger partial charge is 0.428 e. The number of carbonyl (C=O) groups is 1. The first-order chi connectivity index (χ1) is 16.1. The number of aliphatic hydroxyl groups is 1. The molecule has 0 spiro atoms. The van der Waals surface area contributed by atoms with Crippen molar-refractivity contribution < 1.29 is 22.7 Å². The maximum Gasteiger partial charge on any atom is 0.309 e. The van der Waals surface area contributed by atoms with Crippen LogP contribution in [0.3, 0.4) is 0 Å². The van der Waals surface area contributed by atoms with Crippen LogP contribution < -0.4 is 15.4 Å². The zero-order valence-electron chi connectivity index (χ0n) is 18.8. The summed E-state index contributed by atoms with van der Waals surface area (Å²) in [7, 11) is -3.61. The van der Waals surface area contributed by atoms with Crippen molar-refractivity contribution in [1.29, 1.82) is 0 Å². The van der Waals surface area contributed by atoms with Gasteiger partial charge in [-0.3, -0.25) is 4.79 Å². The van der Waals surface area contributed by atoms with E-state index in [0.29, 0.717) is 13.0 Å². The highest BCUT2D eigenvalue weighted by molar-refractivity contribution is 14.1. The Morgan fingerprint density at radius 2 is 1.85 bits per heavy atom. The third-order valence-electron chi connectivity index (χ3n) is 4.94. The monoisotopic (exact) mass is 598 g/mol. The Kier molecular flexibility index (Phi) is 9.05. The van der Waals surface area contributed by atoms with Crippen LogP contribution in [0.15, 0.2) is 59.0 Å². The number of aliphatic hydroxyl groups excluding tert-OH is 1. The minimum absolute atomic E-state index is 0.0526. The fraction of sp³-hybridized carbons (Fsp3) is 0.304. The lowest BCUT2D eigenvalue weighted by Crippen LogP contribution is -2.48. The molecule has 1 heterocycles. The number of sulfonamides is 1. The van der Waals surface area contributed by atoms with Crippen molar-refractivity contribution in [2.45, 2.75) is 32.0 Å². The molecule has 0 fully saturated rings. The van der Waals surface area contributed by atoms with Crippen molar-refractivity contribution >= 4 is 44.5 Å². The number of nitrogens with zero attached hydrogens (tertiary/aromatic N) is 1. The Morgan fingerprint density at radius 1 is 1.15 bits per heavy atom. The van der Waals surface area contributed by atoms with Gasteiger partial charge >= 0.3 is 6.01 Å². The van der Waals surface area contributed by atoms with Gasteiger partial charge in [-0.25, -0.2) is 13.1 Å². The number of benzene rings is 2. The zero-order chi connectivity index (χ0) is 24.7. The fourth-order valence-corrected chi connectivity index (χ4v) is 4.36. The number of halogens is 1. The molecule has 0 aliphatic carbocycles. The Hall–Kier alpha value is -2.48. The van der Waals surface area contributed by atoms with E-state index in [0.717, 1.165) is 21.0 Å². The second-order valence-electron chi connectivity index (χ2n) is 7.90. The average Bonchev–Trinajstić information content (AvgIpc) is 3.12. The van der Waals surface area contributed by atoms with Gasteiger partial charge in [0.25, 0.3) is 5.91 Å². The summed E-state index contributed by atoms with van der Waals surface area (Å²) >= 11 is 2.25. The molecule has 0 bridgehead atoms. The van der Waals surface area contributed by atoms with Gasteiger partial charge in [-0.1, -0.05) is 42.5 Å². The minimum atomic E-state index is -3.61. The molecule has 3 aromatic rings. The van der Waals surface area contributed by atoms with Crippen LogP contribution in [0.5, 0.6) is 0 Å². The van der Waals surface area contributed by atoms with Gasteiger partial charge in [0, 0.05) is 16.7 Å². The van der Waals surface area contributed by atoms with Crippen molar-refractivity contribution in [3.8, 4) is 0 Å². The van der Waals surface area contributed by atoms with E-state index in [1.807, 2.05) is 48.5 Å². The lowest BCUT2D eigenvalue weighted by Gasteiger charge is -2.24. The summed E-state index contributed by atoms with van der Waals surface area (Å²) < 4.78 is 31.4. The molecule has 182 valence electrons. The highest BCUT2D eigenvalue weighted by Gasteiger charge is 2.26. The molecule has 0 saturated carbocycles. The van der Waals surface area contributed by atoms with Crippen LogP contribution in [-0.2, 0) is 23.0 Å². The van der Waals surface area contributed by atoms with Crippen LogP contribution in [0, 0.1) is 10.5 Å². The molecule has 0 aliphatic rings. The molecule has 0 aliphatic heterocycles. The zero-order valence-corrected chi connectivity index (χ0v) is 21.8. The molecule has 34 heavy (non-hydrogen) atoms. The second-order valence-corrected chi connectivity index (χ2v) is 10.9. The van der Waals surface area contributed by atoms with Gasteiger partial charge in [0.05, 0.1) is 18.4 Å². The Labute approximate surface area is 212 Å². The third kappa shape index (κ3) is 8.08. The van der Waals surface area contributed by atoms with Gasteiger partial charge in [-0.15, -0.1) is 0 Å². The minimum Gasteiger partial charge on any atom is -0.428 e. The number of amides is 1. The van der Waals surface area contributed by atoms with Crippen LogP contribution in [-0.4, -0.2) is 49.4 Å². The number of anilines is 1. The summed E-state index contributed by atoms with van der Waals surface area (Å²) in [6, 6.07) is 16.6. The van der Waals surface area contributed by atoms with Crippen molar-refractivity contribution in [1.82, 2.24) is 15.6 Å². The van der Waals surface area contributed by atoms with E-state index in [9.17, 15) is 18.3 Å². The van der Waals surface area contributed by atoms with Gasteiger partial charge in [-0.05, 0) is 59.2 Å². The maximum atomic E-state index is 12.9. The molecular weight excluding hydrogens is 571 g/mol. The van der Waals surface area contributed by atoms with Crippen LogP contribution in [0.25, 0.3) is 0 Å². The van der Waals surface area contributed by atoms with Gasteiger partial charge in [0.1, 0.15) is 5.76 Å². The number of nitrogens with one attached hydrogen (secondary N) is 3. The first kappa shape index (κ1) is 26.1. The van der Waals surface area contributed by atoms with Crippen molar-refractivity contribution in [3.63, 3.8) is 0 Å². The van der Waals surface area contributed by atoms with Crippen molar-refractivity contribution in [2.75, 3.05) is 17.5 Å². The van der Waals surface area contributed by atoms with Crippen LogP contribution in [0.1, 0.15) is 27.4 Å². The van der Waals surface area contributed by atoms with Crippen molar-refractivity contribution in [2.24, 2.45) is 0 Å². The summed E-state index contributed by atoms with van der Waals surface area (Å²) in [4.78, 5) is 16.9. The molecule has 4 N–H and O–H groups in total. The molecule has 1 amide bonds. The third-order valence-corrected chi connectivity index (χ3v) is 6.15. The van der Waals surface area contributed by atoms with E-state index in [-0.39, 0.29) is 24.0 Å². The highest BCUT2D eigenvalue weighted by Crippen LogP contribution is 2.16. The fourth-order valence-electron chi connectivity index (χ4n) is 3.35. The lowest BCUT2D eigenvalue weighted by atomic mass is 10.0. The molecule has 2 aromatic carbocycles. The summed E-state index contributed by atoms with van der Waals surface area (Å²) in [5, 5.41) is 17.0. The average molecular weight is 598 g/mol. The van der Waals surface area contributed by atoms with E-state index < -0.39 is 28.1 Å². The smallest absolute Gasteiger partial charge is 0.309 e. The quantitative estimate of drug-likeness (QED) is 0.249. The molecule has 2 atom stereocenters. The van der Waals surface area contributed by atoms with Crippen LogP contribution in [0.2, 0.25) is 0 Å². The first-order valence-electron chi connectivity index (χ1n) is 10.5. The van der Waals surface area contributed by atoms with E-state index in [4.69, 9.17) is 4.42 Å². The number of aryl methyl sites for hydroxylation is 1. The molecule has 1 aromatic heterocycles. The molecule has 0 saturated heterocycles. The van der Waals surface area contributed by atoms with Crippen LogP contribution in [0.4, 0.5) is 6.01 Å². The predicted molar refractivity (Wildman–Crippen MR) is 138 cm³/mol. The molecule has 0 radical (unpaired) electrons. The van der Waals surface area contributed by atoms with E-state index >= 15 is 0 Å². The highest BCUT2D eigenvalue weighted by atomic mass is 127. The summed E-state index contributed by atoms with van der Waals surface area (Å²) in [6.07, 6.45) is 0.457.